The van der Waals surface area contributed by atoms with E-state index in [1.54, 1.807) is 0 Å². The molecule has 0 amide bonds. The van der Waals surface area contributed by atoms with Crippen molar-refractivity contribution in [2.24, 2.45) is 0 Å². The molecule has 0 N–H and O–H groups in total. The Hall–Kier alpha value is 1.60. The van der Waals surface area contributed by atoms with Crippen LogP contribution in [0.2, 0.25) is 0 Å². The van der Waals surface area contributed by atoms with Gasteiger partial charge >= 0.3 is 51.4 Å². The fraction of sp³-hybridized carbons (Fsp3) is 1.00. The Morgan fingerprint density at radius 1 is 0.889 bits per heavy atom. The minimum absolute atomic E-state index is 0. The Kier molecular flexibility index (Phi) is 7.44. The van der Waals surface area contributed by atoms with Crippen LogP contribution in [0.15, 0.2) is 0 Å². The summed E-state index contributed by atoms with van der Waals surface area (Å²) in [5, 5.41) is 10.8. The molecule has 0 saturated heterocycles. The first-order valence-corrected chi connectivity index (χ1v) is 3.55. The topological polar surface area (TPSA) is 23.1 Å². The van der Waals surface area contributed by atoms with Gasteiger partial charge in [-0.15, -0.1) is 6.10 Å². The Bertz CT molecular complexity index is 57.9. The Morgan fingerprint density at radius 2 is 1.33 bits per heavy atom. The number of hydrogen-bond donors (Lipinski definition) is 0. The van der Waals surface area contributed by atoms with E-state index in [0.717, 1.165) is 12.8 Å². The van der Waals surface area contributed by atoms with Crippen molar-refractivity contribution in [3.8, 4) is 0 Å². The van der Waals surface area contributed by atoms with Gasteiger partial charge in [0.2, 0.25) is 0 Å². The molecule has 1 nitrogen and oxygen atoms in total. The monoisotopic (exact) mass is 152 g/mol. The second-order valence-corrected chi connectivity index (χ2v) is 2.61. The van der Waals surface area contributed by atoms with Crippen LogP contribution in [0.1, 0.15) is 38.5 Å². The molecule has 1 rings (SSSR count). The third kappa shape index (κ3) is 4.93. The van der Waals surface area contributed by atoms with Gasteiger partial charge in [-0.3, -0.25) is 0 Å². The molecular weight excluding hydrogens is 139 g/mol. The van der Waals surface area contributed by atoms with Gasteiger partial charge < -0.3 is 5.11 Å². The third-order valence-electron chi connectivity index (χ3n) is 1.80. The van der Waals surface area contributed by atoms with Crippen molar-refractivity contribution in [3.63, 3.8) is 0 Å². The molecule has 0 radical (unpaired) electrons. The van der Waals surface area contributed by atoms with Crippen LogP contribution in [0, 0.1) is 0 Å². The van der Waals surface area contributed by atoms with E-state index in [4.69, 9.17) is 0 Å². The SMILES string of the molecule is [K+].[O-]C1CCCCCC1. The zero-order valence-corrected chi connectivity index (χ0v) is 9.35. The molecule has 0 aromatic heterocycles. The summed E-state index contributed by atoms with van der Waals surface area (Å²) in [6.07, 6.45) is 6.57. The van der Waals surface area contributed by atoms with Gasteiger partial charge in [0.25, 0.3) is 0 Å². The van der Waals surface area contributed by atoms with E-state index < -0.39 is 0 Å². The van der Waals surface area contributed by atoms with Crippen LogP contribution >= 0.6 is 0 Å². The van der Waals surface area contributed by atoms with Crippen LogP contribution in [0.5, 0.6) is 0 Å². The quantitative estimate of drug-likeness (QED) is 0.293. The van der Waals surface area contributed by atoms with Gasteiger partial charge in [0, 0.05) is 0 Å². The fourth-order valence-corrected chi connectivity index (χ4v) is 1.24. The van der Waals surface area contributed by atoms with Crippen molar-refractivity contribution < 1.29 is 56.5 Å². The second kappa shape index (κ2) is 6.32. The Labute approximate surface area is 99.6 Å². The molecule has 0 bridgehead atoms. The molecule has 9 heavy (non-hydrogen) atoms. The molecule has 0 spiro atoms. The maximum absolute atomic E-state index is 10.8. The summed E-state index contributed by atoms with van der Waals surface area (Å²) in [7, 11) is 0. The molecule has 1 saturated carbocycles. The fourth-order valence-electron chi connectivity index (χ4n) is 1.24. The number of hydrogen-bond acceptors (Lipinski definition) is 1. The maximum atomic E-state index is 10.8. The van der Waals surface area contributed by atoms with Gasteiger partial charge in [0.15, 0.2) is 0 Å². The van der Waals surface area contributed by atoms with Gasteiger partial charge in [0.1, 0.15) is 0 Å². The van der Waals surface area contributed by atoms with Crippen LogP contribution in [0.4, 0.5) is 0 Å². The van der Waals surface area contributed by atoms with Crippen LogP contribution < -0.4 is 56.5 Å². The first-order valence-electron chi connectivity index (χ1n) is 3.55. The molecular formula is C7H13KO. The normalized spacial score (nSPS) is 22.3. The van der Waals surface area contributed by atoms with E-state index in [-0.39, 0.29) is 57.5 Å². The first kappa shape index (κ1) is 10.6. The van der Waals surface area contributed by atoms with E-state index in [0.29, 0.717) is 0 Å². The predicted octanol–water partition coefficient (Wildman–Crippen LogP) is -1.93. The van der Waals surface area contributed by atoms with Crippen LogP contribution in [-0.2, 0) is 0 Å². The summed E-state index contributed by atoms with van der Waals surface area (Å²) in [6, 6.07) is 0. The summed E-state index contributed by atoms with van der Waals surface area (Å²) in [5.41, 5.74) is 0. The smallest absolute Gasteiger partial charge is 0.852 e. The molecule has 0 aliphatic heterocycles. The summed E-state index contributed by atoms with van der Waals surface area (Å²) in [6.45, 7) is 0. The van der Waals surface area contributed by atoms with Crippen LogP contribution in [0.25, 0.3) is 0 Å². The van der Waals surface area contributed by atoms with Crippen molar-refractivity contribution in [1.29, 1.82) is 0 Å². The van der Waals surface area contributed by atoms with Crippen molar-refractivity contribution in [2.45, 2.75) is 44.6 Å². The standard InChI is InChI=1S/C7H13O.K/c8-7-5-3-1-2-4-6-7;/h7H,1-6H2;/q-1;+1. The average Bonchev–Trinajstić information content (AvgIpc) is 1.94. The van der Waals surface area contributed by atoms with Gasteiger partial charge in [-0.1, -0.05) is 38.5 Å². The second-order valence-electron chi connectivity index (χ2n) is 2.61. The molecule has 0 atom stereocenters. The van der Waals surface area contributed by atoms with Gasteiger partial charge in [0.05, 0.1) is 0 Å². The van der Waals surface area contributed by atoms with Crippen LogP contribution in [-0.4, -0.2) is 6.10 Å². The molecule has 1 aliphatic rings. The summed E-state index contributed by atoms with van der Waals surface area (Å²) in [5.74, 6) is 0. The van der Waals surface area contributed by atoms with Crippen molar-refractivity contribution >= 4 is 0 Å². The zero-order valence-electron chi connectivity index (χ0n) is 6.23. The molecule has 0 unspecified atom stereocenters. The number of rotatable bonds is 0. The van der Waals surface area contributed by atoms with E-state index in [9.17, 15) is 5.11 Å². The molecule has 2 heteroatoms. The van der Waals surface area contributed by atoms with Gasteiger partial charge in [-0.25, -0.2) is 0 Å². The predicted molar refractivity (Wildman–Crippen MR) is 31.5 cm³/mol. The van der Waals surface area contributed by atoms with Gasteiger partial charge in [-0.05, 0) is 0 Å². The van der Waals surface area contributed by atoms with E-state index in [1.807, 2.05) is 0 Å². The van der Waals surface area contributed by atoms with E-state index in [1.165, 1.54) is 25.7 Å². The molecule has 1 fully saturated rings. The van der Waals surface area contributed by atoms with Crippen LogP contribution in [0.3, 0.4) is 0 Å². The molecule has 0 heterocycles. The third-order valence-corrected chi connectivity index (χ3v) is 1.80. The van der Waals surface area contributed by atoms with E-state index in [2.05, 4.69) is 0 Å². The zero-order chi connectivity index (χ0) is 5.82. The molecule has 0 aromatic carbocycles. The first-order chi connectivity index (χ1) is 3.89. The van der Waals surface area contributed by atoms with E-state index >= 15 is 0 Å². The Morgan fingerprint density at radius 3 is 1.78 bits per heavy atom. The van der Waals surface area contributed by atoms with Crippen molar-refractivity contribution in [1.82, 2.24) is 0 Å². The average molecular weight is 152 g/mol. The minimum Gasteiger partial charge on any atom is -0.852 e. The van der Waals surface area contributed by atoms with Gasteiger partial charge in [-0.2, -0.15) is 0 Å². The van der Waals surface area contributed by atoms with Crippen molar-refractivity contribution in [3.05, 3.63) is 0 Å². The largest absolute Gasteiger partial charge is 1.00 e. The molecule has 1 aliphatic carbocycles. The molecule has 48 valence electrons. The maximum Gasteiger partial charge on any atom is 1.00 e. The van der Waals surface area contributed by atoms with Crippen molar-refractivity contribution in [2.75, 3.05) is 0 Å². The summed E-state index contributed by atoms with van der Waals surface area (Å²) < 4.78 is 0. The Balaban J connectivity index is 0.000000640. The minimum atomic E-state index is -0.225. The summed E-state index contributed by atoms with van der Waals surface area (Å²) >= 11 is 0. The summed E-state index contributed by atoms with van der Waals surface area (Å²) in [4.78, 5) is 0. The molecule has 0 aromatic rings.